The first-order chi connectivity index (χ1) is 15.4. The molecule has 5 heteroatoms. The van der Waals surface area contributed by atoms with Crippen LogP contribution in [0, 0.1) is 12.8 Å². The zero-order chi connectivity index (χ0) is 22.8. The molecule has 163 valence electrons. The molecule has 4 aromatic rings. The number of nitrogens with zero attached hydrogens (tertiary/aromatic N) is 2. The van der Waals surface area contributed by atoms with E-state index in [0.29, 0.717) is 16.5 Å². The number of rotatable bonds is 7. The van der Waals surface area contributed by atoms with Crippen molar-refractivity contribution in [2.24, 2.45) is 5.92 Å². The molecule has 0 N–H and O–H groups in total. The fraction of sp³-hybridized carbons (Fsp3) is 0.259. The Labute approximate surface area is 193 Å². The van der Waals surface area contributed by atoms with Crippen molar-refractivity contribution in [3.8, 4) is 16.9 Å². The van der Waals surface area contributed by atoms with Crippen LogP contribution in [0.25, 0.3) is 22.0 Å². The van der Waals surface area contributed by atoms with Crippen LogP contribution in [0.5, 0.6) is 5.75 Å². The largest absolute Gasteiger partial charge is 0.495 e. The second-order valence-corrected chi connectivity index (χ2v) is 8.93. The first-order valence-electron chi connectivity index (χ1n) is 10.7. The Bertz CT molecular complexity index is 1260. The summed E-state index contributed by atoms with van der Waals surface area (Å²) in [5.41, 5.74) is 5.85. The van der Waals surface area contributed by atoms with Gasteiger partial charge in [-0.15, -0.1) is 0 Å². The summed E-state index contributed by atoms with van der Waals surface area (Å²) in [7, 11) is 1.70. The van der Waals surface area contributed by atoms with Gasteiger partial charge < -0.3 is 4.74 Å². The zero-order valence-corrected chi connectivity index (χ0v) is 19.5. The minimum Gasteiger partial charge on any atom is -0.495 e. The number of benzene rings is 3. The fourth-order valence-corrected chi connectivity index (χ4v) is 4.53. The Kier molecular flexibility index (Phi) is 6.33. The van der Waals surface area contributed by atoms with Gasteiger partial charge in [-0.1, -0.05) is 55.8 Å². The van der Waals surface area contributed by atoms with Gasteiger partial charge in [-0.05, 0) is 60.2 Å². The molecule has 1 radical (unpaired) electrons. The molecule has 0 fully saturated rings. The molecular formula is C27H26ClN2O2. The van der Waals surface area contributed by atoms with Gasteiger partial charge in [0.1, 0.15) is 5.75 Å². The van der Waals surface area contributed by atoms with Gasteiger partial charge in [-0.2, -0.15) is 5.10 Å². The Morgan fingerprint density at radius 3 is 2.41 bits per heavy atom. The van der Waals surface area contributed by atoms with E-state index < -0.39 is 0 Å². The Morgan fingerprint density at radius 2 is 1.78 bits per heavy atom. The molecule has 1 aromatic heterocycles. The van der Waals surface area contributed by atoms with Crippen LogP contribution in [-0.2, 0) is 4.79 Å². The van der Waals surface area contributed by atoms with Gasteiger partial charge >= 0.3 is 0 Å². The van der Waals surface area contributed by atoms with Crippen LogP contribution in [0.2, 0.25) is 5.02 Å². The highest BCUT2D eigenvalue weighted by Gasteiger charge is 2.22. The van der Waals surface area contributed by atoms with Crippen LogP contribution >= 0.6 is 11.6 Å². The molecule has 3 aromatic carbocycles. The minimum atomic E-state index is 0.0426. The van der Waals surface area contributed by atoms with E-state index in [-0.39, 0.29) is 6.04 Å². The average molecular weight is 446 g/mol. The molecule has 0 saturated carbocycles. The van der Waals surface area contributed by atoms with Crippen molar-refractivity contribution in [1.82, 2.24) is 9.78 Å². The van der Waals surface area contributed by atoms with E-state index in [1.54, 1.807) is 7.11 Å². The number of hydrogen-bond donors (Lipinski definition) is 0. The lowest BCUT2D eigenvalue weighted by molar-refractivity contribution is 0.421. The molecule has 0 aliphatic carbocycles. The van der Waals surface area contributed by atoms with Crippen LogP contribution in [0.1, 0.15) is 43.0 Å². The molecule has 0 aliphatic rings. The molecule has 0 aliphatic heterocycles. The van der Waals surface area contributed by atoms with Crippen molar-refractivity contribution >= 4 is 28.8 Å². The summed E-state index contributed by atoms with van der Waals surface area (Å²) in [5, 5.41) is 6.47. The summed E-state index contributed by atoms with van der Waals surface area (Å²) >= 11 is 6.16. The van der Waals surface area contributed by atoms with Gasteiger partial charge in [0, 0.05) is 16.1 Å². The third-order valence-corrected chi connectivity index (χ3v) is 6.05. The number of methoxy groups -OCH3 is 1. The molecule has 0 saturated heterocycles. The Balaban J connectivity index is 1.86. The number of ether oxygens (including phenoxy) is 1. The van der Waals surface area contributed by atoms with E-state index in [2.05, 4.69) is 30.7 Å². The summed E-state index contributed by atoms with van der Waals surface area (Å²) in [6.07, 6.45) is 4.74. The molecule has 0 bridgehead atoms. The number of halogens is 1. The van der Waals surface area contributed by atoms with Crippen LogP contribution in [0.4, 0.5) is 0 Å². The van der Waals surface area contributed by atoms with E-state index in [9.17, 15) is 4.79 Å². The van der Waals surface area contributed by atoms with Gasteiger partial charge in [-0.25, -0.2) is 0 Å². The number of hydrogen-bond acceptors (Lipinski definition) is 3. The highest BCUT2D eigenvalue weighted by Crippen LogP contribution is 2.40. The summed E-state index contributed by atoms with van der Waals surface area (Å²) in [6, 6.07) is 17.7. The molecule has 0 spiro atoms. The number of carbonyl (C=O) groups excluding carboxylic acids is 1. The van der Waals surface area contributed by atoms with Crippen LogP contribution in [0.15, 0.2) is 60.8 Å². The smallest absolute Gasteiger partial charge is 0.233 e. The maximum absolute atomic E-state index is 11.0. The lowest BCUT2D eigenvalue weighted by Crippen LogP contribution is -2.14. The van der Waals surface area contributed by atoms with E-state index in [0.717, 1.165) is 45.3 Å². The normalized spacial score (nSPS) is 12.3. The highest BCUT2D eigenvalue weighted by atomic mass is 35.5. The van der Waals surface area contributed by atoms with E-state index in [1.807, 2.05) is 61.9 Å². The van der Waals surface area contributed by atoms with Crippen molar-refractivity contribution in [3.05, 3.63) is 82.5 Å². The first kappa shape index (κ1) is 22.1. The van der Waals surface area contributed by atoms with E-state index in [4.69, 9.17) is 21.4 Å². The quantitative estimate of drug-likeness (QED) is 0.315. The zero-order valence-electron chi connectivity index (χ0n) is 18.7. The summed E-state index contributed by atoms with van der Waals surface area (Å²) in [4.78, 5) is 11.0. The SMILES string of the molecule is COc1c(-c2ccc(Cl)cc2C)ccc2c1cnn2C(CC(C)C)c1ccc([C]=O)cc1. The lowest BCUT2D eigenvalue weighted by Gasteiger charge is -2.22. The molecule has 4 nitrogen and oxygen atoms in total. The third kappa shape index (κ3) is 4.15. The number of aryl methyl sites for hydroxylation is 1. The van der Waals surface area contributed by atoms with Gasteiger partial charge in [-0.3, -0.25) is 9.48 Å². The molecule has 32 heavy (non-hydrogen) atoms. The Morgan fingerprint density at radius 1 is 1.06 bits per heavy atom. The summed E-state index contributed by atoms with van der Waals surface area (Å²) in [6.45, 7) is 6.45. The summed E-state index contributed by atoms with van der Waals surface area (Å²) in [5.74, 6) is 1.27. The molecule has 1 unspecified atom stereocenters. The van der Waals surface area contributed by atoms with Crippen molar-refractivity contribution in [2.75, 3.05) is 7.11 Å². The Hall–Kier alpha value is -3.11. The second-order valence-electron chi connectivity index (χ2n) is 8.50. The maximum Gasteiger partial charge on any atom is 0.233 e. The van der Waals surface area contributed by atoms with Gasteiger partial charge in [0.05, 0.1) is 30.3 Å². The standard InChI is InChI=1S/C27H26ClN2O2/c1-17(2)13-26(20-7-5-19(16-31)6-8-20)30-25-12-11-23(27(32-4)24(25)15-29-30)22-10-9-21(28)14-18(22)3/h5-12,14-15,17,26H,13H2,1-4H3. The second kappa shape index (κ2) is 9.17. The van der Waals surface area contributed by atoms with Crippen molar-refractivity contribution in [1.29, 1.82) is 0 Å². The van der Waals surface area contributed by atoms with E-state index in [1.165, 1.54) is 0 Å². The first-order valence-corrected chi connectivity index (χ1v) is 11.1. The molecular weight excluding hydrogens is 420 g/mol. The molecule has 4 rings (SSSR count). The van der Waals surface area contributed by atoms with Gasteiger partial charge in [0.25, 0.3) is 0 Å². The van der Waals surface area contributed by atoms with Crippen LogP contribution in [0.3, 0.4) is 0 Å². The van der Waals surface area contributed by atoms with Crippen molar-refractivity contribution < 1.29 is 9.53 Å². The van der Waals surface area contributed by atoms with Crippen LogP contribution in [-0.4, -0.2) is 23.2 Å². The molecule has 1 heterocycles. The van der Waals surface area contributed by atoms with Crippen molar-refractivity contribution in [2.45, 2.75) is 33.2 Å². The predicted octanol–water partition coefficient (Wildman–Crippen LogP) is 6.77. The third-order valence-electron chi connectivity index (χ3n) is 5.82. The number of aromatic nitrogens is 2. The topological polar surface area (TPSA) is 44.1 Å². The number of fused-ring (bicyclic) bond motifs is 1. The lowest BCUT2D eigenvalue weighted by atomic mass is 9.95. The van der Waals surface area contributed by atoms with E-state index >= 15 is 0 Å². The average Bonchev–Trinajstić information content (AvgIpc) is 3.21. The molecule has 1 atom stereocenters. The van der Waals surface area contributed by atoms with Gasteiger partial charge in [0.15, 0.2) is 0 Å². The van der Waals surface area contributed by atoms with Gasteiger partial charge in [0.2, 0.25) is 6.29 Å². The highest BCUT2D eigenvalue weighted by molar-refractivity contribution is 6.30. The summed E-state index contributed by atoms with van der Waals surface area (Å²) < 4.78 is 7.94. The van der Waals surface area contributed by atoms with Crippen molar-refractivity contribution in [3.63, 3.8) is 0 Å². The molecule has 0 amide bonds. The monoisotopic (exact) mass is 445 g/mol. The fourth-order valence-electron chi connectivity index (χ4n) is 4.30. The minimum absolute atomic E-state index is 0.0426. The van der Waals surface area contributed by atoms with Crippen LogP contribution < -0.4 is 4.74 Å². The predicted molar refractivity (Wildman–Crippen MR) is 130 cm³/mol. The maximum atomic E-state index is 11.0.